The van der Waals surface area contributed by atoms with Gasteiger partial charge in [0.05, 0.1) is 12.7 Å². The molecule has 0 aromatic heterocycles. The average Bonchev–Trinajstić information content (AvgIpc) is 3.09. The Hall–Kier alpha value is -2.49. The molecule has 0 fully saturated rings. The number of hydrogen-bond donors (Lipinski definition) is 0. The molecule has 1 atom stereocenters. The Kier molecular flexibility index (Phi) is 5.66. The van der Waals surface area contributed by atoms with E-state index < -0.39 is 25.9 Å². The fourth-order valence-electron chi connectivity index (χ4n) is 3.36. The minimum Gasteiger partial charge on any atom is -0.465 e. The topological polar surface area (TPSA) is 80.8 Å². The van der Waals surface area contributed by atoms with Crippen molar-refractivity contribution in [1.82, 2.24) is 8.79 Å². The third-order valence-electron chi connectivity index (χ3n) is 4.71. The summed E-state index contributed by atoms with van der Waals surface area (Å²) >= 11 is 3.31. The second-order valence-corrected chi connectivity index (χ2v) is 9.13. The number of hydrogen-bond acceptors (Lipinski definition) is 5. The van der Waals surface area contributed by atoms with Gasteiger partial charge in [-0.3, -0.25) is 4.90 Å². The molecule has 7 nitrogen and oxygen atoms in total. The Morgan fingerprint density at radius 1 is 1.07 bits per heavy atom. The number of benzene rings is 2. The molecular weight excluding hydrogens is 460 g/mol. The van der Waals surface area contributed by atoms with Gasteiger partial charge in [0, 0.05) is 25.5 Å². The third-order valence-corrected chi connectivity index (χ3v) is 7.48. The fourth-order valence-corrected chi connectivity index (χ4v) is 6.10. The number of esters is 1. The molecule has 3 rings (SSSR count). The van der Waals surface area contributed by atoms with Crippen molar-refractivity contribution in [2.24, 2.45) is 0 Å². The third kappa shape index (κ3) is 3.09. The SMILES string of the molecule is COC(=O)C1=C[N+](C(=O)N(C)C)(S(=O)(=O)c2ccccc2CBr)c2ccccc21. The van der Waals surface area contributed by atoms with E-state index in [1.54, 1.807) is 36.4 Å². The van der Waals surface area contributed by atoms with Crippen molar-refractivity contribution >= 4 is 49.2 Å². The van der Waals surface area contributed by atoms with Crippen LogP contribution in [0.25, 0.3) is 5.57 Å². The molecule has 152 valence electrons. The highest BCUT2D eigenvalue weighted by Gasteiger charge is 2.58. The van der Waals surface area contributed by atoms with Crippen LogP contribution >= 0.6 is 15.9 Å². The van der Waals surface area contributed by atoms with Crippen molar-refractivity contribution < 1.29 is 22.7 Å². The number of amides is 2. The number of alkyl halides is 1. The van der Waals surface area contributed by atoms with E-state index in [2.05, 4.69) is 15.9 Å². The first kappa shape index (κ1) is 21.2. The highest BCUT2D eigenvalue weighted by atomic mass is 79.9. The Bertz CT molecular complexity index is 1130. The lowest BCUT2D eigenvalue weighted by Crippen LogP contribution is -2.57. The van der Waals surface area contributed by atoms with E-state index in [0.717, 1.165) is 0 Å². The molecule has 2 aromatic carbocycles. The maximum absolute atomic E-state index is 14.0. The van der Waals surface area contributed by atoms with E-state index in [-0.39, 0.29) is 21.5 Å². The van der Waals surface area contributed by atoms with Gasteiger partial charge in [0.2, 0.25) is 0 Å². The fraction of sp³-hybridized carbons (Fsp3) is 0.200. The number of urea groups is 1. The van der Waals surface area contributed by atoms with Crippen LogP contribution in [0.4, 0.5) is 10.5 Å². The molecular formula is C20H20BrN2O5S+. The molecule has 2 amide bonds. The van der Waals surface area contributed by atoms with Crippen LogP contribution in [-0.4, -0.2) is 46.5 Å². The van der Waals surface area contributed by atoms with Crippen LogP contribution < -0.4 is 3.89 Å². The van der Waals surface area contributed by atoms with Crippen LogP contribution in [0.5, 0.6) is 0 Å². The summed E-state index contributed by atoms with van der Waals surface area (Å²) in [7, 11) is -0.188. The second kappa shape index (κ2) is 7.74. The monoisotopic (exact) mass is 479 g/mol. The Balaban J connectivity index is 2.45. The maximum Gasteiger partial charge on any atom is 0.444 e. The largest absolute Gasteiger partial charge is 0.465 e. The number of carbonyl (C=O) groups is 2. The predicted octanol–water partition coefficient (Wildman–Crippen LogP) is 3.49. The van der Waals surface area contributed by atoms with E-state index in [9.17, 15) is 18.0 Å². The number of halogens is 1. The molecule has 0 radical (unpaired) electrons. The summed E-state index contributed by atoms with van der Waals surface area (Å²) in [6.07, 6.45) is 1.17. The molecule has 0 aliphatic carbocycles. The summed E-state index contributed by atoms with van der Waals surface area (Å²) in [5.41, 5.74) is 1.05. The lowest BCUT2D eigenvalue weighted by molar-refractivity contribution is -0.133. The first-order chi connectivity index (χ1) is 13.7. The molecule has 1 unspecified atom stereocenters. The van der Waals surface area contributed by atoms with Gasteiger partial charge in [-0.15, -0.1) is 0 Å². The quantitative estimate of drug-likeness (QED) is 0.380. The van der Waals surface area contributed by atoms with Gasteiger partial charge in [-0.25, -0.2) is 9.59 Å². The average molecular weight is 480 g/mol. The van der Waals surface area contributed by atoms with Gasteiger partial charge in [-0.2, -0.15) is 8.42 Å². The van der Waals surface area contributed by atoms with Crippen LogP contribution in [0.3, 0.4) is 0 Å². The summed E-state index contributed by atoms with van der Waals surface area (Å²) < 4.78 is 31.7. The summed E-state index contributed by atoms with van der Waals surface area (Å²) in [5.74, 6) is -0.715. The standard InChI is InChI=1S/C20H20BrN2O5S/c1-22(2)20(25)23(29(26,27)18-11-7-4-8-14(18)12-21)13-16(19(24)28-3)15-9-5-6-10-17(15)23/h4-11,13H,12H2,1-3H3/q+1. The summed E-state index contributed by atoms with van der Waals surface area (Å²) in [5, 5.41) is 0.285. The highest BCUT2D eigenvalue weighted by molar-refractivity contribution is 9.08. The number of rotatable bonds is 4. The van der Waals surface area contributed by atoms with Crippen LogP contribution in [-0.2, 0) is 24.9 Å². The molecule has 0 N–H and O–H groups in total. The van der Waals surface area contributed by atoms with Crippen molar-refractivity contribution in [2.75, 3.05) is 21.2 Å². The Labute approximate surface area is 178 Å². The smallest absolute Gasteiger partial charge is 0.444 e. The zero-order chi connectivity index (χ0) is 21.4. The zero-order valence-electron chi connectivity index (χ0n) is 16.1. The van der Waals surface area contributed by atoms with Gasteiger partial charge in [0.1, 0.15) is 16.7 Å². The van der Waals surface area contributed by atoms with Crippen LogP contribution in [0.1, 0.15) is 11.1 Å². The predicted molar refractivity (Wildman–Crippen MR) is 114 cm³/mol. The molecule has 0 saturated heterocycles. The van der Waals surface area contributed by atoms with Crippen molar-refractivity contribution in [3.63, 3.8) is 0 Å². The molecule has 0 spiro atoms. The molecule has 1 aliphatic rings. The van der Waals surface area contributed by atoms with Gasteiger partial charge in [0.15, 0.2) is 5.69 Å². The van der Waals surface area contributed by atoms with Gasteiger partial charge >= 0.3 is 22.0 Å². The number of nitrogens with zero attached hydrogens (tertiary/aromatic N) is 2. The van der Waals surface area contributed by atoms with Crippen molar-refractivity contribution in [3.8, 4) is 0 Å². The van der Waals surface area contributed by atoms with Crippen molar-refractivity contribution in [2.45, 2.75) is 10.2 Å². The Morgan fingerprint density at radius 2 is 1.69 bits per heavy atom. The van der Waals surface area contributed by atoms with Gasteiger partial charge in [-0.1, -0.05) is 50.2 Å². The number of sulfonamides is 1. The van der Waals surface area contributed by atoms with E-state index in [1.807, 2.05) is 0 Å². The number of para-hydroxylation sites is 1. The highest BCUT2D eigenvalue weighted by Crippen LogP contribution is 2.46. The molecule has 0 bridgehead atoms. The maximum atomic E-state index is 14.0. The van der Waals surface area contributed by atoms with E-state index in [1.165, 1.54) is 44.4 Å². The van der Waals surface area contributed by atoms with Gasteiger partial charge in [-0.05, 0) is 17.7 Å². The van der Waals surface area contributed by atoms with Gasteiger partial charge < -0.3 is 4.74 Å². The van der Waals surface area contributed by atoms with Crippen molar-refractivity contribution in [1.29, 1.82) is 0 Å². The number of fused-ring (bicyclic) bond motifs is 1. The summed E-state index contributed by atoms with van der Waals surface area (Å²) in [4.78, 5) is 27.0. The minimum absolute atomic E-state index is 0.00393. The number of carbonyl (C=O) groups excluding carboxylic acids is 2. The summed E-state index contributed by atoms with van der Waals surface area (Å²) in [6, 6.07) is 12.2. The number of quaternary nitrogens is 1. The molecule has 1 heterocycles. The number of ether oxygens (including phenoxy) is 1. The number of methoxy groups -OCH3 is 1. The first-order valence-electron chi connectivity index (χ1n) is 8.63. The van der Waals surface area contributed by atoms with E-state index in [4.69, 9.17) is 4.74 Å². The van der Waals surface area contributed by atoms with Crippen LogP contribution in [0.15, 0.2) is 59.6 Å². The normalized spacial score (nSPS) is 18.0. The minimum atomic E-state index is -4.34. The van der Waals surface area contributed by atoms with E-state index >= 15 is 0 Å². The first-order valence-corrected chi connectivity index (χ1v) is 11.2. The van der Waals surface area contributed by atoms with Crippen molar-refractivity contribution in [3.05, 3.63) is 65.9 Å². The van der Waals surface area contributed by atoms with Crippen LogP contribution in [0.2, 0.25) is 0 Å². The lowest BCUT2D eigenvalue weighted by atomic mass is 10.1. The Morgan fingerprint density at radius 3 is 2.31 bits per heavy atom. The zero-order valence-corrected chi connectivity index (χ0v) is 18.5. The summed E-state index contributed by atoms with van der Waals surface area (Å²) in [6.45, 7) is 0. The lowest BCUT2D eigenvalue weighted by Gasteiger charge is -2.30. The molecule has 0 saturated carbocycles. The van der Waals surface area contributed by atoms with E-state index in [0.29, 0.717) is 11.1 Å². The molecule has 2 aromatic rings. The van der Waals surface area contributed by atoms with Gasteiger partial charge in [0.25, 0.3) is 0 Å². The molecule has 9 heteroatoms. The molecule has 1 aliphatic heterocycles. The van der Waals surface area contributed by atoms with Crippen LogP contribution in [0, 0.1) is 0 Å². The second-order valence-electron chi connectivity index (χ2n) is 6.60. The molecule has 29 heavy (non-hydrogen) atoms.